The first-order valence-electron chi connectivity index (χ1n) is 6.34. The molecule has 0 aromatic carbocycles. The molecule has 0 amide bonds. The average molecular weight is 249 g/mol. The topological polar surface area (TPSA) is 54.5 Å². The van der Waals surface area contributed by atoms with Crippen molar-refractivity contribution < 1.29 is 9.53 Å². The molecule has 1 atom stereocenters. The van der Waals surface area contributed by atoms with Crippen LogP contribution in [0.25, 0.3) is 0 Å². The van der Waals surface area contributed by atoms with Crippen molar-refractivity contribution in [2.45, 2.75) is 13.0 Å². The molecule has 1 aromatic heterocycles. The number of pyridine rings is 1. The Balaban J connectivity index is 2.19. The standard InChI is InChI=1S/C13H19N3O2/c1-2-18-13(17)12(11-4-3-5-15-10-11)16-8-6-14-7-9-16/h3-5,10,12,14H,2,6-9H2,1H3. The van der Waals surface area contributed by atoms with E-state index in [9.17, 15) is 4.79 Å². The Labute approximate surface area is 107 Å². The smallest absolute Gasteiger partial charge is 0.328 e. The van der Waals surface area contributed by atoms with Crippen LogP contribution in [0.1, 0.15) is 18.5 Å². The van der Waals surface area contributed by atoms with Gasteiger partial charge in [0.05, 0.1) is 6.61 Å². The lowest BCUT2D eigenvalue weighted by Crippen LogP contribution is -2.47. The van der Waals surface area contributed by atoms with Crippen molar-refractivity contribution in [1.82, 2.24) is 15.2 Å². The van der Waals surface area contributed by atoms with Crippen molar-refractivity contribution in [3.63, 3.8) is 0 Å². The number of piperazine rings is 1. The summed E-state index contributed by atoms with van der Waals surface area (Å²) in [6.07, 6.45) is 3.45. The average Bonchev–Trinajstić information content (AvgIpc) is 2.42. The minimum atomic E-state index is -0.333. The number of nitrogens with one attached hydrogen (secondary N) is 1. The fourth-order valence-corrected chi connectivity index (χ4v) is 2.20. The minimum absolute atomic E-state index is 0.188. The Morgan fingerprint density at radius 3 is 2.94 bits per heavy atom. The fourth-order valence-electron chi connectivity index (χ4n) is 2.20. The van der Waals surface area contributed by atoms with E-state index < -0.39 is 0 Å². The van der Waals surface area contributed by atoms with Gasteiger partial charge in [-0.25, -0.2) is 4.79 Å². The summed E-state index contributed by atoms with van der Waals surface area (Å²) in [6, 6.07) is 3.45. The van der Waals surface area contributed by atoms with Gasteiger partial charge in [0.2, 0.25) is 0 Å². The summed E-state index contributed by atoms with van der Waals surface area (Å²) in [5.74, 6) is -0.188. The van der Waals surface area contributed by atoms with Gasteiger partial charge in [-0.05, 0) is 18.6 Å². The molecule has 0 radical (unpaired) electrons. The summed E-state index contributed by atoms with van der Waals surface area (Å²) >= 11 is 0. The largest absolute Gasteiger partial charge is 0.465 e. The third-order valence-electron chi connectivity index (χ3n) is 3.03. The van der Waals surface area contributed by atoms with E-state index in [1.54, 1.807) is 12.4 Å². The SMILES string of the molecule is CCOC(=O)C(c1cccnc1)N1CCNCC1. The van der Waals surface area contributed by atoms with E-state index in [1.807, 2.05) is 19.1 Å². The van der Waals surface area contributed by atoms with Crippen molar-refractivity contribution in [3.8, 4) is 0 Å². The monoisotopic (exact) mass is 249 g/mol. The lowest BCUT2D eigenvalue weighted by Gasteiger charge is -2.33. The molecule has 0 aliphatic carbocycles. The van der Waals surface area contributed by atoms with Gasteiger partial charge in [-0.15, -0.1) is 0 Å². The number of hydrogen-bond donors (Lipinski definition) is 1. The summed E-state index contributed by atoms with van der Waals surface area (Å²) in [6.45, 7) is 5.72. The maximum Gasteiger partial charge on any atom is 0.328 e. The molecule has 1 fully saturated rings. The molecule has 1 aliphatic rings. The molecular weight excluding hydrogens is 230 g/mol. The lowest BCUT2D eigenvalue weighted by atomic mass is 10.1. The molecule has 98 valence electrons. The highest BCUT2D eigenvalue weighted by atomic mass is 16.5. The lowest BCUT2D eigenvalue weighted by molar-refractivity contribution is -0.150. The van der Waals surface area contributed by atoms with Crippen LogP contribution in [0.3, 0.4) is 0 Å². The van der Waals surface area contributed by atoms with Gasteiger partial charge in [0.25, 0.3) is 0 Å². The van der Waals surface area contributed by atoms with E-state index in [2.05, 4.69) is 15.2 Å². The zero-order valence-corrected chi connectivity index (χ0v) is 10.6. The molecule has 0 bridgehead atoms. The molecule has 5 nitrogen and oxygen atoms in total. The summed E-state index contributed by atoms with van der Waals surface area (Å²) in [4.78, 5) is 18.4. The number of hydrogen-bond acceptors (Lipinski definition) is 5. The van der Waals surface area contributed by atoms with Gasteiger partial charge in [-0.2, -0.15) is 0 Å². The van der Waals surface area contributed by atoms with Crippen LogP contribution in [0, 0.1) is 0 Å². The van der Waals surface area contributed by atoms with Gasteiger partial charge in [0.1, 0.15) is 6.04 Å². The summed E-state index contributed by atoms with van der Waals surface area (Å²) in [5.41, 5.74) is 0.901. The molecule has 1 aromatic rings. The van der Waals surface area contributed by atoms with Crippen LogP contribution in [0.15, 0.2) is 24.5 Å². The number of aromatic nitrogens is 1. The van der Waals surface area contributed by atoms with E-state index in [0.717, 1.165) is 31.7 Å². The van der Waals surface area contributed by atoms with Crippen molar-refractivity contribution >= 4 is 5.97 Å². The predicted molar refractivity (Wildman–Crippen MR) is 68.1 cm³/mol. The van der Waals surface area contributed by atoms with Crippen molar-refractivity contribution in [2.75, 3.05) is 32.8 Å². The van der Waals surface area contributed by atoms with Gasteiger partial charge in [-0.3, -0.25) is 9.88 Å². The highest BCUT2D eigenvalue weighted by Crippen LogP contribution is 2.21. The first-order valence-corrected chi connectivity index (χ1v) is 6.34. The van der Waals surface area contributed by atoms with E-state index in [1.165, 1.54) is 0 Å². The summed E-state index contributed by atoms with van der Waals surface area (Å²) < 4.78 is 5.18. The van der Waals surface area contributed by atoms with Crippen LogP contribution in [-0.4, -0.2) is 48.6 Å². The van der Waals surface area contributed by atoms with E-state index in [0.29, 0.717) is 6.61 Å². The first kappa shape index (κ1) is 13.0. The number of ether oxygens (including phenoxy) is 1. The van der Waals surface area contributed by atoms with Crippen LogP contribution in [0.2, 0.25) is 0 Å². The van der Waals surface area contributed by atoms with E-state index >= 15 is 0 Å². The maximum atomic E-state index is 12.1. The Morgan fingerprint density at radius 1 is 1.56 bits per heavy atom. The number of rotatable bonds is 4. The Bertz CT molecular complexity index is 377. The first-order chi connectivity index (χ1) is 8.83. The molecular formula is C13H19N3O2. The molecule has 2 heterocycles. The van der Waals surface area contributed by atoms with Crippen molar-refractivity contribution in [1.29, 1.82) is 0 Å². The quantitative estimate of drug-likeness (QED) is 0.792. The van der Waals surface area contributed by atoms with E-state index in [4.69, 9.17) is 4.74 Å². The van der Waals surface area contributed by atoms with Gasteiger partial charge >= 0.3 is 5.97 Å². The second-order valence-electron chi connectivity index (χ2n) is 4.23. The van der Waals surface area contributed by atoms with Crippen molar-refractivity contribution in [2.24, 2.45) is 0 Å². The van der Waals surface area contributed by atoms with Gasteiger partial charge in [0, 0.05) is 38.6 Å². The summed E-state index contributed by atoms with van der Waals surface area (Å²) in [7, 11) is 0. The molecule has 2 rings (SSSR count). The highest BCUT2D eigenvalue weighted by molar-refractivity contribution is 5.77. The van der Waals surface area contributed by atoms with E-state index in [-0.39, 0.29) is 12.0 Å². The molecule has 5 heteroatoms. The van der Waals surface area contributed by atoms with Gasteiger partial charge in [-0.1, -0.05) is 6.07 Å². The molecule has 1 saturated heterocycles. The third-order valence-corrected chi connectivity index (χ3v) is 3.03. The highest BCUT2D eigenvalue weighted by Gasteiger charge is 2.29. The fraction of sp³-hybridized carbons (Fsp3) is 0.538. The van der Waals surface area contributed by atoms with Crippen LogP contribution in [-0.2, 0) is 9.53 Å². The molecule has 1 N–H and O–H groups in total. The van der Waals surface area contributed by atoms with Crippen LogP contribution >= 0.6 is 0 Å². The summed E-state index contributed by atoms with van der Waals surface area (Å²) in [5, 5.41) is 3.28. The second kappa shape index (κ2) is 6.47. The van der Waals surface area contributed by atoms with Crippen LogP contribution in [0.5, 0.6) is 0 Å². The molecule has 1 aliphatic heterocycles. The van der Waals surface area contributed by atoms with Crippen LogP contribution < -0.4 is 5.32 Å². The molecule has 0 saturated carbocycles. The normalized spacial score (nSPS) is 18.3. The zero-order chi connectivity index (χ0) is 12.8. The second-order valence-corrected chi connectivity index (χ2v) is 4.23. The van der Waals surface area contributed by atoms with Gasteiger partial charge < -0.3 is 10.1 Å². The molecule has 1 unspecified atom stereocenters. The number of esters is 1. The van der Waals surface area contributed by atoms with Crippen molar-refractivity contribution in [3.05, 3.63) is 30.1 Å². The Kier molecular flexibility index (Phi) is 4.66. The molecule has 18 heavy (non-hydrogen) atoms. The predicted octanol–water partition coefficient (Wildman–Crippen LogP) is 0.591. The Hall–Kier alpha value is -1.46. The van der Waals surface area contributed by atoms with Gasteiger partial charge in [0.15, 0.2) is 0 Å². The number of nitrogens with zero attached hydrogens (tertiary/aromatic N) is 2. The maximum absolute atomic E-state index is 12.1. The third kappa shape index (κ3) is 3.05. The number of carbonyl (C=O) groups excluding carboxylic acids is 1. The Morgan fingerprint density at radius 2 is 2.33 bits per heavy atom. The van der Waals surface area contributed by atoms with Crippen LogP contribution in [0.4, 0.5) is 0 Å². The minimum Gasteiger partial charge on any atom is -0.465 e. The zero-order valence-electron chi connectivity index (χ0n) is 10.6. The number of carbonyl (C=O) groups is 1. The molecule has 0 spiro atoms.